The molecule has 1 aliphatic carbocycles. The Hall–Kier alpha value is -0.300. The Bertz CT molecular complexity index is 151. The van der Waals surface area contributed by atoms with Gasteiger partial charge in [-0.25, -0.2) is 0 Å². The maximum atomic E-state index is 2.45. The SMILES string of the molecule is CN1CC2C=CCCC2C1. The molecule has 1 aliphatic heterocycles. The molecule has 0 aromatic rings. The maximum absolute atomic E-state index is 2.45. The minimum absolute atomic E-state index is 0.888. The molecule has 2 aliphatic rings. The van der Waals surface area contributed by atoms with Gasteiger partial charge in [0, 0.05) is 13.1 Å². The molecule has 0 saturated carbocycles. The van der Waals surface area contributed by atoms with Crippen LogP contribution in [0.4, 0.5) is 0 Å². The van der Waals surface area contributed by atoms with Gasteiger partial charge in [0.1, 0.15) is 0 Å². The van der Waals surface area contributed by atoms with Crippen LogP contribution in [0.1, 0.15) is 12.8 Å². The molecule has 0 N–H and O–H groups in total. The fourth-order valence-corrected chi connectivity index (χ4v) is 2.22. The van der Waals surface area contributed by atoms with Crippen molar-refractivity contribution in [3.63, 3.8) is 0 Å². The van der Waals surface area contributed by atoms with Gasteiger partial charge in [-0.15, -0.1) is 0 Å². The zero-order valence-electron chi connectivity index (χ0n) is 6.59. The minimum Gasteiger partial charge on any atom is -0.305 e. The summed E-state index contributed by atoms with van der Waals surface area (Å²) in [5.41, 5.74) is 0. The molecule has 0 amide bonds. The number of likely N-dealkylation sites (tertiary alicyclic amines) is 1. The van der Waals surface area contributed by atoms with Crippen molar-refractivity contribution in [1.29, 1.82) is 0 Å². The van der Waals surface area contributed by atoms with Crippen LogP contribution >= 0.6 is 0 Å². The lowest BCUT2D eigenvalue weighted by Crippen LogP contribution is -2.13. The summed E-state index contributed by atoms with van der Waals surface area (Å²) in [6, 6.07) is 0. The molecule has 10 heavy (non-hydrogen) atoms. The summed E-state index contributed by atoms with van der Waals surface area (Å²) in [6.45, 7) is 2.62. The molecule has 2 rings (SSSR count). The molecule has 2 atom stereocenters. The summed E-state index contributed by atoms with van der Waals surface area (Å²) >= 11 is 0. The fourth-order valence-electron chi connectivity index (χ4n) is 2.22. The molecule has 1 nitrogen and oxygen atoms in total. The minimum atomic E-state index is 0.888. The molecule has 0 spiro atoms. The molecule has 0 aromatic heterocycles. The monoisotopic (exact) mass is 137 g/mol. The second-order valence-corrected chi connectivity index (χ2v) is 3.65. The van der Waals surface area contributed by atoms with E-state index in [1.54, 1.807) is 0 Å². The van der Waals surface area contributed by atoms with Gasteiger partial charge in [0.2, 0.25) is 0 Å². The van der Waals surface area contributed by atoms with Gasteiger partial charge in [-0.2, -0.15) is 0 Å². The Balaban J connectivity index is 2.08. The third-order valence-corrected chi connectivity index (χ3v) is 2.76. The van der Waals surface area contributed by atoms with Crippen molar-refractivity contribution in [1.82, 2.24) is 4.90 Å². The van der Waals surface area contributed by atoms with Gasteiger partial charge in [-0.05, 0) is 31.7 Å². The molecule has 1 heterocycles. The largest absolute Gasteiger partial charge is 0.305 e. The van der Waals surface area contributed by atoms with Crippen molar-refractivity contribution >= 4 is 0 Å². The summed E-state index contributed by atoms with van der Waals surface area (Å²) in [6.07, 6.45) is 7.50. The Labute approximate surface area is 62.7 Å². The van der Waals surface area contributed by atoms with Gasteiger partial charge in [-0.3, -0.25) is 0 Å². The summed E-state index contributed by atoms with van der Waals surface area (Å²) in [5.74, 6) is 1.87. The Morgan fingerprint density at radius 1 is 1.40 bits per heavy atom. The number of hydrogen-bond acceptors (Lipinski definition) is 1. The lowest BCUT2D eigenvalue weighted by molar-refractivity contribution is 0.388. The predicted octanol–water partition coefficient (Wildman–Crippen LogP) is 1.51. The second-order valence-electron chi connectivity index (χ2n) is 3.65. The van der Waals surface area contributed by atoms with Gasteiger partial charge >= 0.3 is 0 Å². The molecule has 1 saturated heterocycles. The van der Waals surface area contributed by atoms with Crippen LogP contribution in [-0.2, 0) is 0 Å². The van der Waals surface area contributed by atoms with Gasteiger partial charge in [-0.1, -0.05) is 12.2 Å². The highest BCUT2D eigenvalue weighted by Gasteiger charge is 2.29. The Morgan fingerprint density at radius 2 is 2.30 bits per heavy atom. The topological polar surface area (TPSA) is 3.24 Å². The number of allylic oxidation sites excluding steroid dienone is 1. The highest BCUT2D eigenvalue weighted by molar-refractivity contribution is 5.01. The number of fused-ring (bicyclic) bond motifs is 1. The van der Waals surface area contributed by atoms with Crippen LogP contribution in [0.25, 0.3) is 0 Å². The molecule has 2 unspecified atom stereocenters. The van der Waals surface area contributed by atoms with Gasteiger partial charge in [0.25, 0.3) is 0 Å². The summed E-state index contributed by atoms with van der Waals surface area (Å²) < 4.78 is 0. The van der Waals surface area contributed by atoms with Crippen molar-refractivity contribution in [2.24, 2.45) is 11.8 Å². The first-order chi connectivity index (χ1) is 4.86. The van der Waals surface area contributed by atoms with Crippen LogP contribution in [0.5, 0.6) is 0 Å². The van der Waals surface area contributed by atoms with Crippen molar-refractivity contribution in [3.05, 3.63) is 12.2 Å². The first-order valence-electron chi connectivity index (χ1n) is 4.21. The summed E-state index contributed by atoms with van der Waals surface area (Å²) in [4.78, 5) is 2.45. The summed E-state index contributed by atoms with van der Waals surface area (Å²) in [5, 5.41) is 0. The third kappa shape index (κ3) is 0.988. The molecular weight excluding hydrogens is 122 g/mol. The highest BCUT2D eigenvalue weighted by Crippen LogP contribution is 2.30. The van der Waals surface area contributed by atoms with Crippen molar-refractivity contribution in [3.8, 4) is 0 Å². The van der Waals surface area contributed by atoms with E-state index in [1.807, 2.05) is 0 Å². The van der Waals surface area contributed by atoms with E-state index in [2.05, 4.69) is 24.1 Å². The van der Waals surface area contributed by atoms with Crippen LogP contribution in [0, 0.1) is 11.8 Å². The van der Waals surface area contributed by atoms with Crippen molar-refractivity contribution in [2.75, 3.05) is 20.1 Å². The molecule has 56 valence electrons. The fraction of sp³-hybridized carbons (Fsp3) is 0.778. The maximum Gasteiger partial charge on any atom is 0.00445 e. The Morgan fingerprint density at radius 3 is 3.10 bits per heavy atom. The molecule has 0 bridgehead atoms. The van der Waals surface area contributed by atoms with Gasteiger partial charge < -0.3 is 4.90 Å². The van der Waals surface area contributed by atoms with E-state index in [9.17, 15) is 0 Å². The first kappa shape index (κ1) is 6.41. The van der Waals surface area contributed by atoms with E-state index in [4.69, 9.17) is 0 Å². The van der Waals surface area contributed by atoms with E-state index in [1.165, 1.54) is 25.9 Å². The van der Waals surface area contributed by atoms with Crippen LogP contribution in [0.2, 0.25) is 0 Å². The molecule has 1 heteroatoms. The van der Waals surface area contributed by atoms with E-state index >= 15 is 0 Å². The van der Waals surface area contributed by atoms with E-state index in [0.29, 0.717) is 0 Å². The van der Waals surface area contributed by atoms with Crippen molar-refractivity contribution in [2.45, 2.75) is 12.8 Å². The lowest BCUT2D eigenvalue weighted by atomic mass is 9.87. The average Bonchev–Trinajstić information content (AvgIpc) is 2.27. The Kier molecular flexibility index (Phi) is 1.53. The van der Waals surface area contributed by atoms with Crippen molar-refractivity contribution < 1.29 is 0 Å². The molecule has 0 radical (unpaired) electrons. The van der Waals surface area contributed by atoms with E-state index in [0.717, 1.165) is 11.8 Å². The molecule has 1 fully saturated rings. The van der Waals surface area contributed by atoms with E-state index in [-0.39, 0.29) is 0 Å². The summed E-state index contributed by atoms with van der Waals surface area (Å²) in [7, 11) is 2.23. The standard InChI is InChI=1S/C9H15N/c1-10-6-8-4-2-3-5-9(8)7-10/h2,4,8-9H,3,5-7H2,1H3. The highest BCUT2D eigenvalue weighted by atomic mass is 15.1. The van der Waals surface area contributed by atoms with E-state index < -0.39 is 0 Å². The van der Waals surface area contributed by atoms with Gasteiger partial charge in [0.15, 0.2) is 0 Å². The van der Waals surface area contributed by atoms with Crippen LogP contribution in [0.3, 0.4) is 0 Å². The molecule has 0 aromatic carbocycles. The van der Waals surface area contributed by atoms with Crippen LogP contribution in [-0.4, -0.2) is 25.0 Å². The zero-order valence-corrected chi connectivity index (χ0v) is 6.59. The number of rotatable bonds is 0. The lowest BCUT2D eigenvalue weighted by Gasteiger charge is -2.17. The molecular formula is C9H15N. The second kappa shape index (κ2) is 2.39. The third-order valence-electron chi connectivity index (χ3n) is 2.76. The van der Waals surface area contributed by atoms with Gasteiger partial charge in [0.05, 0.1) is 0 Å². The quantitative estimate of drug-likeness (QED) is 0.457. The average molecular weight is 137 g/mol. The normalized spacial score (nSPS) is 40.1. The zero-order chi connectivity index (χ0) is 6.97. The predicted molar refractivity (Wildman–Crippen MR) is 42.9 cm³/mol. The smallest absolute Gasteiger partial charge is 0.00445 e. The number of nitrogens with zero attached hydrogens (tertiary/aromatic N) is 1. The first-order valence-corrected chi connectivity index (χ1v) is 4.21. The van der Waals surface area contributed by atoms with Crippen LogP contribution in [0.15, 0.2) is 12.2 Å². The van der Waals surface area contributed by atoms with Crippen LogP contribution < -0.4 is 0 Å². The number of hydrogen-bond donors (Lipinski definition) is 0.